The number of carbonyl (C=O) groups is 9. The summed E-state index contributed by atoms with van der Waals surface area (Å²) in [5.74, 6) is -9.20. The van der Waals surface area contributed by atoms with Crippen molar-refractivity contribution in [1.29, 1.82) is 0 Å². The molecule has 2 unspecified atom stereocenters. The Morgan fingerprint density at radius 2 is 1.65 bits per heavy atom. The number of rotatable bonds is 23. The fraction of sp³-hybridized carbons (Fsp3) is 0.435. The van der Waals surface area contributed by atoms with Gasteiger partial charge in [0.15, 0.2) is 0 Å². The van der Waals surface area contributed by atoms with Crippen molar-refractivity contribution >= 4 is 59.1 Å². The predicted molar refractivity (Wildman–Crippen MR) is 236 cm³/mol. The molecule has 2 aliphatic heterocycles. The minimum Gasteiger partial charge on any atom is -0.481 e. The van der Waals surface area contributed by atoms with Crippen LogP contribution >= 0.6 is 0 Å². The molecular formula is C46H54F2N8O12. The van der Waals surface area contributed by atoms with Crippen LogP contribution < -0.4 is 16.4 Å². The minimum absolute atomic E-state index is 0.0196. The Morgan fingerprint density at radius 1 is 0.956 bits per heavy atom. The van der Waals surface area contributed by atoms with Gasteiger partial charge < -0.3 is 40.9 Å². The number of imide groups is 1. The third-order valence-electron chi connectivity index (χ3n) is 11.0. The number of aromatic nitrogens is 1. The highest BCUT2D eigenvalue weighted by Crippen LogP contribution is 2.41. The van der Waals surface area contributed by atoms with E-state index >= 15 is 4.39 Å². The van der Waals surface area contributed by atoms with Gasteiger partial charge in [0.25, 0.3) is 17.7 Å². The maximum absolute atomic E-state index is 15.2. The van der Waals surface area contributed by atoms with Crippen molar-refractivity contribution in [2.75, 3.05) is 26.2 Å². The number of hydrogen-bond donors (Lipinski definition) is 5. The van der Waals surface area contributed by atoms with Crippen LogP contribution in [0.4, 0.5) is 8.78 Å². The van der Waals surface area contributed by atoms with Gasteiger partial charge in [-0.1, -0.05) is 51.1 Å². The Bertz CT molecular complexity index is 2440. The van der Waals surface area contributed by atoms with Crippen molar-refractivity contribution < 1.29 is 67.0 Å². The number of aliphatic hydroxyl groups is 1. The zero-order valence-electron chi connectivity index (χ0n) is 37.7. The Hall–Kier alpha value is -7.36. The second-order valence-electron chi connectivity index (χ2n) is 17.3. The molecule has 3 heterocycles. The number of primary amides is 1. The van der Waals surface area contributed by atoms with Crippen molar-refractivity contribution in [3.05, 3.63) is 83.7 Å². The average Bonchev–Trinajstić information content (AvgIpc) is 3.92. The van der Waals surface area contributed by atoms with Gasteiger partial charge in [0.2, 0.25) is 23.6 Å². The molecule has 6 N–H and O–H groups in total. The number of amides is 7. The van der Waals surface area contributed by atoms with Gasteiger partial charge in [0.1, 0.15) is 30.1 Å². The molecule has 1 saturated heterocycles. The number of carbonyl (C=O) groups excluding carboxylic acids is 8. The highest BCUT2D eigenvalue weighted by atomic mass is 19.1. The number of nitrogens with two attached hydrogens (primary N) is 1. The van der Waals surface area contributed by atoms with Crippen LogP contribution in [0.1, 0.15) is 89.4 Å². The number of aliphatic imine (C=N–C) groups is 1. The molecular weight excluding hydrogens is 895 g/mol. The van der Waals surface area contributed by atoms with Crippen LogP contribution in [0.2, 0.25) is 0 Å². The van der Waals surface area contributed by atoms with Crippen molar-refractivity contribution in [3.8, 4) is 11.1 Å². The Morgan fingerprint density at radius 3 is 2.28 bits per heavy atom. The first-order chi connectivity index (χ1) is 32.2. The van der Waals surface area contributed by atoms with E-state index in [1.807, 2.05) is 55.7 Å². The summed E-state index contributed by atoms with van der Waals surface area (Å²) < 4.78 is 31.5. The molecule has 20 nitrogen and oxygen atoms in total. The van der Waals surface area contributed by atoms with Gasteiger partial charge in [-0.3, -0.25) is 48.2 Å². The Balaban J connectivity index is 1.34. The molecule has 5 rings (SSSR count). The van der Waals surface area contributed by atoms with Crippen molar-refractivity contribution in [3.63, 3.8) is 0 Å². The van der Waals surface area contributed by atoms with Crippen molar-refractivity contribution in [2.24, 2.45) is 16.1 Å². The van der Waals surface area contributed by atoms with Crippen molar-refractivity contribution in [2.45, 2.75) is 96.8 Å². The summed E-state index contributed by atoms with van der Waals surface area (Å²) in [5, 5.41) is 25.3. The fourth-order valence-electron chi connectivity index (χ4n) is 8.00. The number of nitrogens with zero attached hydrogens (tertiary/aromatic N) is 5. The molecule has 1 fully saturated rings. The van der Waals surface area contributed by atoms with E-state index in [2.05, 4.69) is 15.6 Å². The summed E-state index contributed by atoms with van der Waals surface area (Å²) >= 11 is 0. The number of halogens is 2. The lowest BCUT2D eigenvalue weighted by atomic mass is 9.83. The number of aliphatic carboxylic acids is 1. The number of aliphatic hydroxyl groups excluding tert-OH is 1. The SMILES string of the molecule is CC(C)(C)C(c1cc(-c2cc(F)ccc2F)cn1Cc1ccccc1)N(CCCN1C(=O)[C@H](CC(N)=O)N=C1C(CC(=O)O)NC(=O)CNC(=O)CCCC(=O)ON1C(=O)CCC1=O)C(=O)CO. The molecule has 0 spiro atoms. The molecule has 0 saturated carbocycles. The van der Waals surface area contributed by atoms with Crippen LogP contribution in [0.15, 0.2) is 65.8 Å². The van der Waals surface area contributed by atoms with Gasteiger partial charge in [-0.15, -0.1) is 5.06 Å². The summed E-state index contributed by atoms with van der Waals surface area (Å²) in [5.41, 5.74) is 6.29. The molecule has 3 aromatic rings. The van der Waals surface area contributed by atoms with Gasteiger partial charge in [-0.2, -0.15) is 0 Å². The highest BCUT2D eigenvalue weighted by Gasteiger charge is 2.41. The number of carboxylic acid groups (broad SMARTS) is 1. The molecule has 3 atom stereocenters. The summed E-state index contributed by atoms with van der Waals surface area (Å²) in [6.45, 7) is 3.84. The van der Waals surface area contributed by atoms with Gasteiger partial charge in [0, 0.05) is 68.3 Å². The quantitative estimate of drug-likeness (QED) is 0.0856. The molecule has 22 heteroatoms. The van der Waals surface area contributed by atoms with Crippen LogP contribution in [0, 0.1) is 17.0 Å². The standard InChI is InChI=1S/C46H54F2N8O12/c1-46(2,3)43(34-19-28(30-20-29(47)13-14-31(30)48)25-53(34)24-27-9-5-4-6-10-27)54(40(63)26-57)17-8-18-55-44(52-33(45(55)67)21-35(49)58)32(22-41(64)65)51-37(60)23-50-36(59)11-7-12-42(66)68-56-38(61)15-16-39(56)62/h4-6,9-10,13-14,19-20,25,32-33,43,57H,7-8,11-12,15-18,21-24,26H2,1-3H3,(H2,49,58)(H,50,59)(H,51,60)(H,64,65)/t32?,33-,43?/m0/s1. The van der Waals surface area contributed by atoms with E-state index in [0.717, 1.165) is 28.7 Å². The molecule has 1 aromatic heterocycles. The van der Waals surface area contributed by atoms with E-state index in [-0.39, 0.29) is 69.6 Å². The lowest BCUT2D eigenvalue weighted by Crippen LogP contribution is -2.52. The number of hydroxylamine groups is 2. The zero-order valence-corrected chi connectivity index (χ0v) is 37.7. The van der Waals surface area contributed by atoms with E-state index < -0.39 is 114 Å². The van der Waals surface area contributed by atoms with Crippen molar-refractivity contribution in [1.82, 2.24) is 30.1 Å². The zero-order chi connectivity index (χ0) is 49.9. The van der Waals surface area contributed by atoms with Gasteiger partial charge in [-0.05, 0) is 48.1 Å². The lowest BCUT2D eigenvalue weighted by molar-refractivity contribution is -0.197. The van der Waals surface area contributed by atoms with E-state index in [0.29, 0.717) is 16.3 Å². The summed E-state index contributed by atoms with van der Waals surface area (Å²) in [6.07, 6.45) is -0.612. The van der Waals surface area contributed by atoms with Gasteiger partial charge in [0.05, 0.1) is 31.5 Å². The second-order valence-corrected chi connectivity index (χ2v) is 17.3. The highest BCUT2D eigenvalue weighted by molar-refractivity contribution is 6.10. The Kier molecular flexibility index (Phi) is 17.4. The molecule has 0 radical (unpaired) electrons. The summed E-state index contributed by atoms with van der Waals surface area (Å²) in [4.78, 5) is 124. The maximum Gasteiger partial charge on any atom is 0.333 e. The van der Waals surface area contributed by atoms with Gasteiger partial charge >= 0.3 is 11.9 Å². The summed E-state index contributed by atoms with van der Waals surface area (Å²) in [7, 11) is 0. The topological polar surface area (TPSA) is 280 Å². The van der Waals surface area contributed by atoms with Gasteiger partial charge in [-0.25, -0.2) is 13.6 Å². The van der Waals surface area contributed by atoms with Crippen LogP contribution in [-0.4, -0.2) is 127 Å². The summed E-state index contributed by atoms with van der Waals surface area (Å²) in [6, 6.07) is 10.3. The number of nitrogens with one attached hydrogen (secondary N) is 2. The van der Waals surface area contributed by atoms with Crippen LogP contribution in [-0.2, 0) is 54.5 Å². The molecule has 0 aliphatic carbocycles. The minimum atomic E-state index is -1.48. The second kappa shape index (κ2) is 22.9. The smallest absolute Gasteiger partial charge is 0.333 e. The van der Waals surface area contributed by atoms with Crippen LogP contribution in [0.3, 0.4) is 0 Å². The molecule has 68 heavy (non-hydrogen) atoms. The maximum atomic E-state index is 15.2. The average molecular weight is 949 g/mol. The molecule has 2 aliphatic rings. The predicted octanol–water partition coefficient (Wildman–Crippen LogP) is 2.12. The number of hydrogen-bond acceptors (Lipinski definition) is 12. The van der Waals surface area contributed by atoms with Crippen LogP contribution in [0.25, 0.3) is 11.1 Å². The molecule has 0 bridgehead atoms. The third-order valence-corrected chi connectivity index (χ3v) is 11.0. The number of benzene rings is 2. The normalized spacial score (nSPS) is 15.8. The lowest BCUT2D eigenvalue weighted by Gasteiger charge is -2.41. The fourth-order valence-corrected chi connectivity index (χ4v) is 8.00. The number of amidine groups is 1. The first-order valence-electron chi connectivity index (χ1n) is 21.8. The van der Waals surface area contributed by atoms with E-state index in [1.54, 1.807) is 12.3 Å². The first-order valence-corrected chi connectivity index (χ1v) is 21.8. The monoisotopic (exact) mass is 948 g/mol. The Labute approximate surface area is 389 Å². The largest absolute Gasteiger partial charge is 0.481 e. The van der Waals surface area contributed by atoms with E-state index in [4.69, 9.17) is 10.6 Å². The van der Waals surface area contributed by atoms with E-state index in [9.17, 15) is 57.8 Å². The molecule has 7 amide bonds. The molecule has 364 valence electrons. The van der Waals surface area contributed by atoms with Crippen LogP contribution in [0.5, 0.6) is 0 Å². The third kappa shape index (κ3) is 13.6. The first kappa shape index (κ1) is 51.6. The molecule has 2 aromatic carbocycles. The number of carboxylic acids is 1. The van der Waals surface area contributed by atoms with E-state index in [1.165, 1.54) is 4.90 Å².